The minimum Gasteiger partial charge on any atom is -0.322 e. The molecule has 24 heavy (non-hydrogen) atoms. The second-order valence-corrected chi connectivity index (χ2v) is 5.75. The largest absolute Gasteiger partial charge is 0.322 e. The van der Waals surface area contributed by atoms with E-state index < -0.39 is 29.7 Å². The Labute approximate surface area is 137 Å². The Kier molecular flexibility index (Phi) is 3.88. The molecule has 1 unspecified atom stereocenters. The average Bonchev–Trinajstić information content (AvgIpc) is 2.84. The molecule has 5 amide bonds. The molecule has 1 aromatic carbocycles. The van der Waals surface area contributed by atoms with Crippen molar-refractivity contribution in [3.05, 3.63) is 34.9 Å². The minimum atomic E-state index is -0.744. The third-order valence-electron chi connectivity index (χ3n) is 4.09. The minimum absolute atomic E-state index is 0.0995. The van der Waals surface area contributed by atoms with E-state index in [0.717, 1.165) is 0 Å². The van der Waals surface area contributed by atoms with Gasteiger partial charge in [-0.2, -0.15) is 0 Å². The summed E-state index contributed by atoms with van der Waals surface area (Å²) in [5, 5.41) is 4.37. The van der Waals surface area contributed by atoms with Crippen molar-refractivity contribution in [2.75, 3.05) is 0 Å². The number of nitrogens with zero attached hydrogens (tertiary/aromatic N) is 1. The monoisotopic (exact) mass is 329 g/mol. The summed E-state index contributed by atoms with van der Waals surface area (Å²) in [5.74, 6) is -2.50. The third kappa shape index (κ3) is 2.66. The first kappa shape index (κ1) is 15.9. The number of hydrogen-bond acceptors (Lipinski definition) is 5. The van der Waals surface area contributed by atoms with Crippen LogP contribution in [0.5, 0.6) is 0 Å². The molecule has 124 valence electrons. The number of nitrogens with one attached hydrogen (secondary N) is 2. The van der Waals surface area contributed by atoms with Gasteiger partial charge in [0, 0.05) is 19.9 Å². The van der Waals surface area contributed by atoms with Crippen LogP contribution in [0.2, 0.25) is 0 Å². The third-order valence-corrected chi connectivity index (χ3v) is 4.09. The van der Waals surface area contributed by atoms with Crippen LogP contribution in [-0.2, 0) is 20.9 Å². The molecule has 8 nitrogen and oxygen atoms in total. The van der Waals surface area contributed by atoms with E-state index in [9.17, 15) is 24.0 Å². The Hall–Kier alpha value is -3.03. The molecule has 1 atom stereocenters. The SMILES string of the molecule is CC(=O)NC(=O)c1cccc2c1C(=O)N(C1CCC(=O)NC1=O)C2. The number of hydrogen-bond donors (Lipinski definition) is 2. The van der Waals surface area contributed by atoms with Crippen molar-refractivity contribution in [3.63, 3.8) is 0 Å². The summed E-state index contributed by atoms with van der Waals surface area (Å²) in [6.07, 6.45) is 0.410. The van der Waals surface area contributed by atoms with Crippen molar-refractivity contribution < 1.29 is 24.0 Å². The van der Waals surface area contributed by atoms with Gasteiger partial charge in [-0.15, -0.1) is 0 Å². The Morgan fingerprint density at radius 2 is 2.00 bits per heavy atom. The Balaban J connectivity index is 1.91. The van der Waals surface area contributed by atoms with Gasteiger partial charge in [-0.3, -0.25) is 34.6 Å². The Morgan fingerprint density at radius 1 is 1.25 bits per heavy atom. The average molecular weight is 329 g/mol. The molecule has 1 aromatic rings. The van der Waals surface area contributed by atoms with Gasteiger partial charge in [0.15, 0.2) is 0 Å². The second kappa shape index (κ2) is 5.88. The number of rotatable bonds is 2. The van der Waals surface area contributed by atoms with Crippen molar-refractivity contribution >= 4 is 29.5 Å². The molecular weight excluding hydrogens is 314 g/mol. The molecule has 2 N–H and O–H groups in total. The summed E-state index contributed by atoms with van der Waals surface area (Å²) in [4.78, 5) is 60.6. The zero-order chi connectivity index (χ0) is 17.4. The number of fused-ring (bicyclic) bond motifs is 1. The van der Waals surface area contributed by atoms with E-state index in [2.05, 4.69) is 10.6 Å². The first-order chi connectivity index (χ1) is 11.4. The van der Waals surface area contributed by atoms with E-state index in [1.165, 1.54) is 17.9 Å². The van der Waals surface area contributed by atoms with Gasteiger partial charge in [0.05, 0.1) is 11.1 Å². The van der Waals surface area contributed by atoms with Gasteiger partial charge in [0.1, 0.15) is 6.04 Å². The summed E-state index contributed by atoms with van der Waals surface area (Å²) in [6, 6.07) is 4.04. The van der Waals surface area contributed by atoms with E-state index in [1.807, 2.05) is 0 Å². The van der Waals surface area contributed by atoms with E-state index in [-0.39, 0.29) is 36.4 Å². The van der Waals surface area contributed by atoms with Crippen LogP contribution < -0.4 is 10.6 Å². The quantitative estimate of drug-likeness (QED) is 0.725. The molecular formula is C16H15N3O5. The molecule has 0 saturated carbocycles. The van der Waals surface area contributed by atoms with Gasteiger partial charge in [0.2, 0.25) is 17.7 Å². The smallest absolute Gasteiger partial charge is 0.258 e. The topological polar surface area (TPSA) is 113 Å². The van der Waals surface area contributed by atoms with Crippen molar-refractivity contribution in [2.45, 2.75) is 32.4 Å². The van der Waals surface area contributed by atoms with E-state index in [1.54, 1.807) is 12.1 Å². The molecule has 2 aliphatic heterocycles. The first-order valence-corrected chi connectivity index (χ1v) is 7.47. The van der Waals surface area contributed by atoms with E-state index >= 15 is 0 Å². The molecule has 8 heteroatoms. The number of amides is 5. The molecule has 2 heterocycles. The Morgan fingerprint density at radius 3 is 2.67 bits per heavy atom. The lowest BCUT2D eigenvalue weighted by molar-refractivity contribution is -0.137. The fraction of sp³-hybridized carbons (Fsp3) is 0.312. The molecule has 0 radical (unpaired) electrons. The zero-order valence-corrected chi connectivity index (χ0v) is 12.9. The first-order valence-electron chi connectivity index (χ1n) is 7.47. The highest BCUT2D eigenvalue weighted by Crippen LogP contribution is 2.29. The summed E-state index contributed by atoms with van der Waals surface area (Å²) < 4.78 is 0. The molecule has 3 rings (SSSR count). The van der Waals surface area contributed by atoms with Crippen LogP contribution >= 0.6 is 0 Å². The van der Waals surface area contributed by atoms with E-state index in [4.69, 9.17) is 0 Å². The number of piperidine rings is 1. The molecule has 0 spiro atoms. The highest BCUT2D eigenvalue weighted by atomic mass is 16.2. The zero-order valence-electron chi connectivity index (χ0n) is 12.9. The lowest BCUT2D eigenvalue weighted by atomic mass is 10.0. The number of benzene rings is 1. The van der Waals surface area contributed by atoms with Crippen LogP contribution in [0.4, 0.5) is 0 Å². The van der Waals surface area contributed by atoms with Crippen LogP contribution in [-0.4, -0.2) is 40.5 Å². The van der Waals surface area contributed by atoms with Crippen LogP contribution in [0.25, 0.3) is 0 Å². The van der Waals surface area contributed by atoms with Gasteiger partial charge in [-0.25, -0.2) is 0 Å². The highest BCUT2D eigenvalue weighted by molar-refractivity contribution is 6.14. The maximum absolute atomic E-state index is 12.7. The molecule has 0 bridgehead atoms. The van der Waals surface area contributed by atoms with E-state index in [0.29, 0.717) is 5.56 Å². The second-order valence-electron chi connectivity index (χ2n) is 5.75. The Bertz CT molecular complexity index is 786. The predicted octanol–water partition coefficient (Wildman–Crippen LogP) is -0.276. The molecule has 2 aliphatic rings. The summed E-state index contributed by atoms with van der Waals surface area (Å²) in [6.45, 7) is 1.39. The van der Waals surface area contributed by atoms with Crippen molar-refractivity contribution in [1.29, 1.82) is 0 Å². The molecule has 0 aromatic heterocycles. The lowest BCUT2D eigenvalue weighted by Crippen LogP contribution is -2.52. The lowest BCUT2D eigenvalue weighted by Gasteiger charge is -2.29. The van der Waals surface area contributed by atoms with Crippen LogP contribution in [0.15, 0.2) is 18.2 Å². The van der Waals surface area contributed by atoms with Crippen LogP contribution in [0, 0.1) is 0 Å². The van der Waals surface area contributed by atoms with Crippen molar-refractivity contribution in [1.82, 2.24) is 15.5 Å². The van der Waals surface area contributed by atoms with Gasteiger partial charge in [0.25, 0.3) is 11.8 Å². The fourth-order valence-electron chi connectivity index (χ4n) is 3.03. The van der Waals surface area contributed by atoms with Gasteiger partial charge in [-0.05, 0) is 18.1 Å². The number of carbonyl (C=O) groups excluding carboxylic acids is 5. The van der Waals surface area contributed by atoms with Crippen molar-refractivity contribution in [3.8, 4) is 0 Å². The van der Waals surface area contributed by atoms with Crippen LogP contribution in [0.3, 0.4) is 0 Å². The maximum Gasteiger partial charge on any atom is 0.258 e. The van der Waals surface area contributed by atoms with Gasteiger partial charge < -0.3 is 4.90 Å². The van der Waals surface area contributed by atoms with Crippen molar-refractivity contribution in [2.24, 2.45) is 0 Å². The number of imide groups is 2. The number of carbonyl (C=O) groups is 5. The normalized spacial score (nSPS) is 19.8. The summed E-state index contributed by atoms with van der Waals surface area (Å²) in [7, 11) is 0. The van der Waals surface area contributed by atoms with Gasteiger partial charge in [-0.1, -0.05) is 12.1 Å². The predicted molar refractivity (Wildman–Crippen MR) is 80.6 cm³/mol. The fourth-order valence-corrected chi connectivity index (χ4v) is 3.03. The van der Waals surface area contributed by atoms with Crippen LogP contribution in [0.1, 0.15) is 46.0 Å². The molecule has 1 fully saturated rings. The van der Waals surface area contributed by atoms with Gasteiger partial charge >= 0.3 is 0 Å². The molecule has 1 saturated heterocycles. The summed E-state index contributed by atoms with van der Waals surface area (Å²) in [5.41, 5.74) is 0.907. The molecule has 0 aliphatic carbocycles. The summed E-state index contributed by atoms with van der Waals surface area (Å²) >= 11 is 0. The standard InChI is InChI=1S/C16H15N3O5/c1-8(20)17-14(22)10-4-2-3-9-7-19(16(24)13(9)10)11-5-6-12(21)18-15(11)23/h2-4,11H,5-7H2,1H3,(H,17,20,22)(H,18,21,23). The highest BCUT2D eigenvalue weighted by Gasteiger charge is 2.40. The maximum atomic E-state index is 12.7.